The first-order valence-corrected chi connectivity index (χ1v) is 8.17. The zero-order valence-electron chi connectivity index (χ0n) is 13.0. The van der Waals surface area contributed by atoms with Crippen LogP contribution in [-0.2, 0) is 0 Å². The third-order valence-corrected chi connectivity index (χ3v) is 4.72. The monoisotopic (exact) mass is 330 g/mol. The lowest BCUT2D eigenvalue weighted by Crippen LogP contribution is -2.39. The van der Waals surface area contributed by atoms with Gasteiger partial charge in [-0.2, -0.15) is 0 Å². The van der Waals surface area contributed by atoms with Gasteiger partial charge < -0.3 is 9.88 Å². The van der Waals surface area contributed by atoms with Gasteiger partial charge in [0, 0.05) is 25.2 Å². The number of halogens is 1. The number of pyridine rings is 1. The Morgan fingerprint density at radius 2 is 2.13 bits per heavy atom. The largest absolute Gasteiger partial charge is 0.338 e. The van der Waals surface area contributed by atoms with Crippen LogP contribution in [0.25, 0.3) is 0 Å². The number of H-pyrrole nitrogens is 1. The number of aromatic nitrogens is 1. The Kier molecular flexibility index (Phi) is 4.53. The first-order valence-electron chi connectivity index (χ1n) is 7.79. The smallest absolute Gasteiger partial charge is 0.266 e. The molecule has 4 nitrogen and oxygen atoms in total. The zero-order valence-corrected chi connectivity index (χ0v) is 13.8. The van der Waals surface area contributed by atoms with Crippen LogP contribution >= 0.6 is 11.6 Å². The molecule has 2 aromatic rings. The number of aryl methyl sites for hydroxylation is 1. The predicted molar refractivity (Wildman–Crippen MR) is 91.1 cm³/mol. The molecule has 1 saturated heterocycles. The lowest BCUT2D eigenvalue weighted by atomic mass is 9.88. The molecule has 120 valence electrons. The molecule has 2 heterocycles. The fraction of sp³-hybridized carbons (Fsp3) is 0.333. The maximum Gasteiger partial charge on any atom is 0.266 e. The van der Waals surface area contributed by atoms with Gasteiger partial charge in [0.05, 0.1) is 5.56 Å². The lowest BCUT2D eigenvalue weighted by Gasteiger charge is -2.33. The van der Waals surface area contributed by atoms with Crippen LogP contribution in [0.2, 0.25) is 5.02 Å². The van der Waals surface area contributed by atoms with Crippen LogP contribution in [0.3, 0.4) is 0 Å². The first kappa shape index (κ1) is 15.8. The van der Waals surface area contributed by atoms with Crippen molar-refractivity contribution >= 4 is 17.5 Å². The second kappa shape index (κ2) is 6.59. The van der Waals surface area contributed by atoms with Gasteiger partial charge in [0.15, 0.2) is 0 Å². The fourth-order valence-electron chi connectivity index (χ4n) is 3.22. The van der Waals surface area contributed by atoms with Crippen molar-refractivity contribution in [2.75, 3.05) is 13.1 Å². The number of hydrogen-bond donors (Lipinski definition) is 1. The molecule has 5 heteroatoms. The van der Waals surface area contributed by atoms with Crippen molar-refractivity contribution in [1.29, 1.82) is 0 Å². The number of likely N-dealkylation sites (tertiary alicyclic amines) is 1. The fourth-order valence-corrected chi connectivity index (χ4v) is 3.39. The number of piperidine rings is 1. The highest BCUT2D eigenvalue weighted by molar-refractivity contribution is 6.30. The average Bonchev–Trinajstić information content (AvgIpc) is 2.57. The molecule has 1 atom stereocenters. The third kappa shape index (κ3) is 3.32. The summed E-state index contributed by atoms with van der Waals surface area (Å²) in [6.07, 6.45) is 3.50. The topological polar surface area (TPSA) is 53.2 Å². The van der Waals surface area contributed by atoms with Crippen LogP contribution in [0.1, 0.15) is 40.2 Å². The molecule has 1 aromatic carbocycles. The summed E-state index contributed by atoms with van der Waals surface area (Å²) < 4.78 is 0. The lowest BCUT2D eigenvalue weighted by molar-refractivity contribution is 0.0706. The van der Waals surface area contributed by atoms with E-state index in [0.29, 0.717) is 18.0 Å². The van der Waals surface area contributed by atoms with Gasteiger partial charge >= 0.3 is 0 Å². The van der Waals surface area contributed by atoms with Crippen molar-refractivity contribution in [3.05, 3.63) is 68.6 Å². The average molecular weight is 331 g/mol. The van der Waals surface area contributed by atoms with Gasteiger partial charge in [0.25, 0.3) is 11.5 Å². The Balaban J connectivity index is 1.80. The van der Waals surface area contributed by atoms with E-state index in [0.717, 1.165) is 19.4 Å². The molecule has 0 aliphatic carbocycles. The minimum atomic E-state index is -0.375. The molecule has 0 spiro atoms. The minimum Gasteiger partial charge on any atom is -0.338 e. The molecule has 0 saturated carbocycles. The summed E-state index contributed by atoms with van der Waals surface area (Å²) in [4.78, 5) is 28.4. The van der Waals surface area contributed by atoms with Crippen molar-refractivity contribution in [2.24, 2.45) is 0 Å². The number of rotatable bonds is 2. The van der Waals surface area contributed by atoms with E-state index >= 15 is 0 Å². The van der Waals surface area contributed by atoms with E-state index in [-0.39, 0.29) is 16.5 Å². The Morgan fingerprint density at radius 1 is 1.35 bits per heavy atom. The van der Waals surface area contributed by atoms with Crippen molar-refractivity contribution in [1.82, 2.24) is 9.88 Å². The second-order valence-electron chi connectivity index (χ2n) is 6.01. The number of aromatic amines is 1. The van der Waals surface area contributed by atoms with Crippen LogP contribution in [0, 0.1) is 6.92 Å². The van der Waals surface area contributed by atoms with E-state index in [1.807, 2.05) is 17.0 Å². The highest BCUT2D eigenvalue weighted by Crippen LogP contribution is 2.29. The van der Waals surface area contributed by atoms with E-state index in [9.17, 15) is 9.59 Å². The molecule has 1 aliphatic rings. The van der Waals surface area contributed by atoms with Gasteiger partial charge in [-0.3, -0.25) is 9.59 Å². The Hall–Kier alpha value is -2.07. The third-order valence-electron chi connectivity index (χ3n) is 4.44. The number of amides is 1. The summed E-state index contributed by atoms with van der Waals surface area (Å²) in [6, 6.07) is 9.78. The van der Waals surface area contributed by atoms with Crippen molar-refractivity contribution in [3.63, 3.8) is 0 Å². The Labute approximate surface area is 140 Å². The SMILES string of the molecule is Cc1ccccc1[C@@H]1CCCN(C(=O)c2c[nH]c(=O)c(Cl)c2)C1. The van der Waals surface area contributed by atoms with Crippen LogP contribution in [0.5, 0.6) is 0 Å². The molecule has 1 aromatic heterocycles. The molecule has 1 amide bonds. The highest BCUT2D eigenvalue weighted by atomic mass is 35.5. The molecule has 23 heavy (non-hydrogen) atoms. The van der Waals surface area contributed by atoms with Gasteiger partial charge in [-0.25, -0.2) is 0 Å². The van der Waals surface area contributed by atoms with Crippen molar-refractivity contribution < 1.29 is 4.79 Å². The summed E-state index contributed by atoms with van der Waals surface area (Å²) in [5.74, 6) is 0.272. The quantitative estimate of drug-likeness (QED) is 0.918. The molecular formula is C18H19ClN2O2. The second-order valence-corrected chi connectivity index (χ2v) is 6.42. The van der Waals surface area contributed by atoms with Crippen LogP contribution < -0.4 is 5.56 Å². The molecular weight excluding hydrogens is 312 g/mol. The summed E-state index contributed by atoms with van der Waals surface area (Å²) in [6.45, 7) is 3.54. The predicted octanol–water partition coefficient (Wildman–Crippen LogP) is 3.36. The molecule has 1 aliphatic heterocycles. The number of nitrogens with zero attached hydrogens (tertiary/aromatic N) is 1. The van der Waals surface area contributed by atoms with E-state index < -0.39 is 0 Å². The van der Waals surface area contributed by atoms with Gasteiger partial charge in [-0.1, -0.05) is 35.9 Å². The maximum atomic E-state index is 12.7. The van der Waals surface area contributed by atoms with Gasteiger partial charge in [0.2, 0.25) is 0 Å². The number of carbonyl (C=O) groups is 1. The summed E-state index contributed by atoms with van der Waals surface area (Å²) in [7, 11) is 0. The Morgan fingerprint density at radius 3 is 2.87 bits per heavy atom. The van der Waals surface area contributed by atoms with E-state index in [2.05, 4.69) is 24.0 Å². The number of benzene rings is 1. The summed E-state index contributed by atoms with van der Waals surface area (Å²) >= 11 is 5.83. The first-order chi connectivity index (χ1) is 11.1. The number of nitrogens with one attached hydrogen (secondary N) is 1. The zero-order chi connectivity index (χ0) is 16.4. The molecule has 1 N–H and O–H groups in total. The van der Waals surface area contributed by atoms with Gasteiger partial charge in [-0.15, -0.1) is 0 Å². The van der Waals surface area contributed by atoms with Gasteiger partial charge in [0.1, 0.15) is 5.02 Å². The highest BCUT2D eigenvalue weighted by Gasteiger charge is 2.26. The molecule has 3 rings (SSSR count). The normalized spacial score (nSPS) is 18.0. The van der Waals surface area contributed by atoms with Crippen LogP contribution in [0.15, 0.2) is 41.3 Å². The minimum absolute atomic E-state index is 0.0447. The van der Waals surface area contributed by atoms with Crippen molar-refractivity contribution in [3.8, 4) is 0 Å². The maximum absolute atomic E-state index is 12.7. The number of carbonyl (C=O) groups excluding carboxylic acids is 1. The van der Waals surface area contributed by atoms with Crippen LogP contribution in [-0.4, -0.2) is 28.9 Å². The standard InChI is InChI=1S/C18H19ClN2O2/c1-12-5-2-3-7-15(12)13-6-4-8-21(11-13)18(23)14-9-16(19)17(22)20-10-14/h2-3,5,7,9-10,13H,4,6,8,11H2,1H3,(H,20,22)/t13-/m1/s1. The summed E-state index contributed by atoms with van der Waals surface area (Å²) in [5, 5.41) is 0.0447. The molecule has 0 bridgehead atoms. The number of hydrogen-bond acceptors (Lipinski definition) is 2. The molecule has 1 fully saturated rings. The molecule has 0 unspecified atom stereocenters. The van der Waals surface area contributed by atoms with Crippen molar-refractivity contribution in [2.45, 2.75) is 25.7 Å². The van der Waals surface area contributed by atoms with E-state index in [1.165, 1.54) is 23.4 Å². The van der Waals surface area contributed by atoms with Crippen LogP contribution in [0.4, 0.5) is 0 Å². The van der Waals surface area contributed by atoms with E-state index in [1.54, 1.807) is 0 Å². The Bertz CT molecular complexity index is 785. The van der Waals surface area contributed by atoms with E-state index in [4.69, 9.17) is 11.6 Å². The molecule has 0 radical (unpaired) electrons. The van der Waals surface area contributed by atoms with Gasteiger partial charge in [-0.05, 0) is 37.0 Å². The summed E-state index contributed by atoms with van der Waals surface area (Å²) in [5.41, 5.74) is 2.63.